The lowest BCUT2D eigenvalue weighted by molar-refractivity contribution is -0.133. The third kappa shape index (κ3) is 5.80. The number of aliphatic hydroxyl groups excluding tert-OH is 1. The lowest BCUT2D eigenvalue weighted by Gasteiger charge is -2.31. The number of likely N-dealkylation sites (tertiary alicyclic amines) is 1. The van der Waals surface area contributed by atoms with Gasteiger partial charge in [-0.25, -0.2) is 4.98 Å². The van der Waals surface area contributed by atoms with Crippen molar-refractivity contribution in [1.82, 2.24) is 30.4 Å². The van der Waals surface area contributed by atoms with E-state index >= 15 is 0 Å². The Balaban J connectivity index is 0.793. The third-order valence-electron chi connectivity index (χ3n) is 12.0. The zero-order valence-electron chi connectivity index (χ0n) is 29.1. The molecule has 0 radical (unpaired) electrons. The molecule has 5 aliphatic rings. The molecule has 3 aromatic carbocycles. The van der Waals surface area contributed by atoms with Crippen LogP contribution in [0.4, 0.5) is 0 Å². The average Bonchev–Trinajstić information content (AvgIpc) is 3.92. The molecule has 3 aliphatic carbocycles. The number of allylic oxidation sites excluding steroid dienone is 4. The van der Waals surface area contributed by atoms with Crippen LogP contribution in [-0.2, 0) is 22.2 Å². The maximum absolute atomic E-state index is 13.4. The highest BCUT2D eigenvalue weighted by Gasteiger charge is 2.66. The molecular weight excluding hydrogens is 633 g/mol. The van der Waals surface area contributed by atoms with E-state index in [1.807, 2.05) is 60.7 Å². The van der Waals surface area contributed by atoms with Crippen molar-refractivity contribution in [2.75, 3.05) is 20.1 Å². The van der Waals surface area contributed by atoms with Crippen molar-refractivity contribution >= 4 is 17.2 Å². The summed E-state index contributed by atoms with van der Waals surface area (Å²) >= 11 is 0. The molecule has 51 heavy (non-hydrogen) atoms. The van der Waals surface area contributed by atoms with Crippen LogP contribution >= 0.6 is 0 Å². The minimum absolute atomic E-state index is 0.0328. The number of carbonyl (C=O) groups is 1. The van der Waals surface area contributed by atoms with Gasteiger partial charge in [0.15, 0.2) is 0 Å². The first-order valence-electron chi connectivity index (χ1n) is 18.5. The van der Waals surface area contributed by atoms with E-state index in [0.717, 1.165) is 72.6 Å². The van der Waals surface area contributed by atoms with E-state index in [2.05, 4.69) is 87.3 Å². The molecule has 4 N–H and O–H groups in total. The Morgan fingerprint density at radius 2 is 1.80 bits per heavy atom. The highest BCUT2D eigenvalue weighted by Crippen LogP contribution is 2.62. The molecule has 8 heteroatoms. The summed E-state index contributed by atoms with van der Waals surface area (Å²) in [6, 6.07) is 29.3. The Hall–Kier alpha value is -4.92. The molecule has 260 valence electrons. The van der Waals surface area contributed by atoms with Gasteiger partial charge in [-0.3, -0.25) is 9.69 Å². The first-order valence-corrected chi connectivity index (χ1v) is 18.5. The van der Waals surface area contributed by atoms with Crippen molar-refractivity contribution in [3.8, 4) is 0 Å². The Kier molecular flexibility index (Phi) is 7.97. The van der Waals surface area contributed by atoms with Crippen LogP contribution in [0.25, 0.3) is 11.3 Å². The molecule has 1 amide bonds. The minimum Gasteiger partial charge on any atom is -0.378 e. The van der Waals surface area contributed by atoms with Crippen LogP contribution in [-0.4, -0.2) is 63.3 Å². The Labute approximate surface area is 300 Å². The van der Waals surface area contributed by atoms with Crippen molar-refractivity contribution in [3.05, 3.63) is 149 Å². The molecular formula is C43H46N6O2. The summed E-state index contributed by atoms with van der Waals surface area (Å²) in [5.74, 6) is 2.05. The van der Waals surface area contributed by atoms with Gasteiger partial charge in [-0.15, -0.1) is 0 Å². The quantitative estimate of drug-likeness (QED) is 0.155. The van der Waals surface area contributed by atoms with Crippen LogP contribution in [0, 0.1) is 5.92 Å². The number of nitrogens with zero attached hydrogens (tertiary/aromatic N) is 3. The van der Waals surface area contributed by atoms with Gasteiger partial charge in [0.05, 0.1) is 35.1 Å². The Bertz CT molecular complexity index is 2000. The van der Waals surface area contributed by atoms with Crippen LogP contribution in [0.1, 0.15) is 71.8 Å². The van der Waals surface area contributed by atoms with Gasteiger partial charge in [-0.1, -0.05) is 103 Å². The van der Waals surface area contributed by atoms with E-state index in [1.54, 1.807) is 0 Å². The maximum Gasteiger partial charge on any atom is 0.233 e. The summed E-state index contributed by atoms with van der Waals surface area (Å²) in [6.07, 6.45) is 15.8. The normalized spacial score (nSPS) is 26.4. The molecule has 0 spiro atoms. The topological polar surface area (TPSA) is 96.5 Å². The summed E-state index contributed by atoms with van der Waals surface area (Å²) in [4.78, 5) is 26.1. The fourth-order valence-corrected chi connectivity index (χ4v) is 8.90. The number of aliphatic hydroxyl groups is 1. The van der Waals surface area contributed by atoms with Gasteiger partial charge in [0.2, 0.25) is 5.91 Å². The molecule has 2 aliphatic heterocycles. The number of amides is 1. The second-order valence-electron chi connectivity index (χ2n) is 15.2. The highest BCUT2D eigenvalue weighted by atomic mass is 16.3. The van der Waals surface area contributed by atoms with Crippen LogP contribution < -0.4 is 10.6 Å². The smallest absolute Gasteiger partial charge is 0.233 e. The largest absolute Gasteiger partial charge is 0.378 e. The number of fused-ring (bicyclic) bond motifs is 1. The number of likely N-dealkylation sites (N-methyl/N-ethyl adjacent to an activating group) is 1. The van der Waals surface area contributed by atoms with Crippen molar-refractivity contribution in [2.24, 2.45) is 5.92 Å². The summed E-state index contributed by atoms with van der Waals surface area (Å²) in [6.45, 7) is 1.48. The zero-order valence-corrected chi connectivity index (χ0v) is 29.1. The third-order valence-corrected chi connectivity index (χ3v) is 12.0. The number of nitrogens with one attached hydrogen (secondary N) is 3. The predicted molar refractivity (Wildman–Crippen MR) is 200 cm³/mol. The lowest BCUT2D eigenvalue weighted by atomic mass is 9.89. The SMILES string of the molecule is CN(CC1NC=C(c2ccc(C3C=CC(c4cnc(C56CC5CCN6C(O)Cc5ccccc5)[nH]4)=CC3)cc2)N1)C(=O)C1(c2ccccc2)CC1. The molecule has 1 saturated heterocycles. The van der Waals surface area contributed by atoms with Crippen LogP contribution in [0.15, 0.2) is 116 Å². The van der Waals surface area contributed by atoms with E-state index in [4.69, 9.17) is 4.98 Å². The van der Waals surface area contributed by atoms with Crippen LogP contribution in [0.3, 0.4) is 0 Å². The summed E-state index contributed by atoms with van der Waals surface area (Å²) < 4.78 is 0. The van der Waals surface area contributed by atoms with E-state index in [-0.39, 0.29) is 23.0 Å². The number of hydrogen-bond acceptors (Lipinski definition) is 6. The number of aromatic nitrogens is 2. The van der Waals surface area contributed by atoms with Gasteiger partial charge in [-0.05, 0) is 65.8 Å². The molecule has 5 unspecified atom stereocenters. The molecule has 2 saturated carbocycles. The molecule has 1 aromatic heterocycles. The van der Waals surface area contributed by atoms with Gasteiger partial charge in [-0.2, -0.15) is 0 Å². The van der Waals surface area contributed by atoms with Gasteiger partial charge in [0.25, 0.3) is 0 Å². The number of rotatable bonds is 11. The maximum atomic E-state index is 13.4. The first-order chi connectivity index (χ1) is 24.9. The molecule has 5 atom stereocenters. The van der Waals surface area contributed by atoms with Crippen molar-refractivity contribution in [3.63, 3.8) is 0 Å². The van der Waals surface area contributed by atoms with Crippen LogP contribution in [0.2, 0.25) is 0 Å². The standard InChI is InChI=1S/C43H46N6O2/c1-48(41(51)42(21-22-42)34-10-6-3-7-11-34)28-38-44-26-36(46-38)32-16-12-30(13-17-32)31-14-18-33(19-15-31)37-27-45-40(47-37)43-25-35(43)20-23-49(43)39(50)24-29-8-4-2-5-9-29/h2-14,16-19,26-27,31,35,38-39,44,46,50H,15,20-25,28H2,1H3,(H,45,47). The second-order valence-corrected chi connectivity index (χ2v) is 15.2. The Morgan fingerprint density at radius 1 is 1.04 bits per heavy atom. The van der Waals surface area contributed by atoms with E-state index in [9.17, 15) is 9.90 Å². The molecule has 3 fully saturated rings. The highest BCUT2D eigenvalue weighted by molar-refractivity contribution is 5.91. The molecule has 8 nitrogen and oxygen atoms in total. The number of piperidine rings is 1. The molecule has 0 bridgehead atoms. The fraction of sp³-hybridized carbons (Fsp3) is 0.349. The summed E-state index contributed by atoms with van der Waals surface area (Å²) in [5, 5.41) is 18.3. The minimum atomic E-state index is -0.523. The number of hydrogen-bond donors (Lipinski definition) is 4. The first kappa shape index (κ1) is 32.0. The van der Waals surface area contributed by atoms with Gasteiger partial charge in [0, 0.05) is 32.1 Å². The van der Waals surface area contributed by atoms with E-state index < -0.39 is 6.23 Å². The fourth-order valence-electron chi connectivity index (χ4n) is 8.90. The van der Waals surface area contributed by atoms with Gasteiger partial charge < -0.3 is 25.6 Å². The molecule has 9 rings (SSSR count). The van der Waals surface area contributed by atoms with Crippen molar-refractivity contribution in [2.45, 2.75) is 67.8 Å². The number of imidazole rings is 1. The average molecular weight is 679 g/mol. The van der Waals surface area contributed by atoms with Crippen molar-refractivity contribution in [1.29, 1.82) is 0 Å². The zero-order chi connectivity index (χ0) is 34.6. The summed E-state index contributed by atoms with van der Waals surface area (Å²) in [7, 11) is 1.91. The number of H-pyrrole nitrogens is 1. The molecule has 4 aromatic rings. The molecule has 3 heterocycles. The number of benzene rings is 3. The summed E-state index contributed by atoms with van der Waals surface area (Å²) in [5.41, 5.74) is 7.42. The predicted octanol–water partition coefficient (Wildman–Crippen LogP) is 6.03. The van der Waals surface area contributed by atoms with E-state index in [1.165, 1.54) is 11.1 Å². The lowest BCUT2D eigenvalue weighted by Crippen LogP contribution is -2.47. The van der Waals surface area contributed by atoms with Gasteiger partial charge >= 0.3 is 0 Å². The van der Waals surface area contributed by atoms with E-state index in [0.29, 0.717) is 24.8 Å². The Morgan fingerprint density at radius 3 is 2.51 bits per heavy atom. The van der Waals surface area contributed by atoms with Crippen LogP contribution in [0.5, 0.6) is 0 Å². The van der Waals surface area contributed by atoms with Gasteiger partial charge in [0.1, 0.15) is 18.2 Å². The van der Waals surface area contributed by atoms with Crippen molar-refractivity contribution < 1.29 is 9.90 Å². The number of aromatic amines is 1. The number of carbonyl (C=O) groups excluding carboxylic acids is 1. The monoisotopic (exact) mass is 678 g/mol. The second kappa shape index (κ2) is 12.7.